The SMILES string of the molecule is OCC1(Cc2cccc(O)c2)CCCc2ccccc21. The zero-order valence-electron chi connectivity index (χ0n) is 11.5. The van der Waals surface area contributed by atoms with Crippen LogP contribution < -0.4 is 0 Å². The van der Waals surface area contributed by atoms with Crippen molar-refractivity contribution in [2.24, 2.45) is 0 Å². The Balaban J connectivity index is 2.00. The zero-order valence-corrected chi connectivity index (χ0v) is 11.5. The summed E-state index contributed by atoms with van der Waals surface area (Å²) in [5.41, 5.74) is 3.50. The summed E-state index contributed by atoms with van der Waals surface area (Å²) in [6, 6.07) is 15.8. The molecule has 0 saturated heterocycles. The number of benzene rings is 2. The van der Waals surface area contributed by atoms with Crippen molar-refractivity contribution in [3.63, 3.8) is 0 Å². The molecule has 2 aromatic carbocycles. The van der Waals surface area contributed by atoms with Gasteiger partial charge in [-0.1, -0.05) is 36.4 Å². The molecule has 2 nitrogen and oxygen atoms in total. The molecule has 1 aliphatic carbocycles. The minimum atomic E-state index is -0.206. The van der Waals surface area contributed by atoms with Crippen LogP contribution in [0.3, 0.4) is 0 Å². The molecule has 0 bridgehead atoms. The Labute approximate surface area is 119 Å². The second kappa shape index (κ2) is 5.29. The van der Waals surface area contributed by atoms with E-state index in [4.69, 9.17) is 0 Å². The molecule has 0 heterocycles. The smallest absolute Gasteiger partial charge is 0.115 e. The number of phenolic OH excluding ortho intramolecular Hbond substituents is 1. The van der Waals surface area contributed by atoms with E-state index in [1.165, 1.54) is 11.1 Å². The second-order valence-electron chi connectivity index (χ2n) is 5.80. The molecule has 2 heteroatoms. The monoisotopic (exact) mass is 268 g/mol. The molecule has 1 unspecified atom stereocenters. The average Bonchev–Trinajstić information content (AvgIpc) is 2.47. The first-order chi connectivity index (χ1) is 9.73. The standard InChI is InChI=1S/C18H20O2/c19-13-18(12-14-5-3-8-16(20)11-14)10-4-7-15-6-1-2-9-17(15)18/h1-3,5-6,8-9,11,19-20H,4,7,10,12-13H2. The number of hydrogen-bond acceptors (Lipinski definition) is 2. The summed E-state index contributed by atoms with van der Waals surface area (Å²) in [5, 5.41) is 19.7. The Morgan fingerprint density at radius 3 is 2.70 bits per heavy atom. The van der Waals surface area contributed by atoms with Crippen molar-refractivity contribution < 1.29 is 10.2 Å². The Hall–Kier alpha value is -1.80. The van der Waals surface area contributed by atoms with Crippen LogP contribution in [0.1, 0.15) is 29.5 Å². The maximum atomic E-state index is 10.1. The summed E-state index contributed by atoms with van der Waals surface area (Å²) < 4.78 is 0. The van der Waals surface area contributed by atoms with Gasteiger partial charge in [-0.25, -0.2) is 0 Å². The molecule has 2 N–H and O–H groups in total. The van der Waals surface area contributed by atoms with E-state index >= 15 is 0 Å². The van der Waals surface area contributed by atoms with Crippen LogP contribution in [0.25, 0.3) is 0 Å². The third-order valence-electron chi connectivity index (χ3n) is 4.45. The molecule has 0 fully saturated rings. The van der Waals surface area contributed by atoms with Crippen molar-refractivity contribution in [2.45, 2.75) is 31.1 Å². The first kappa shape index (κ1) is 13.2. The van der Waals surface area contributed by atoms with Crippen molar-refractivity contribution in [1.29, 1.82) is 0 Å². The number of fused-ring (bicyclic) bond motifs is 1. The van der Waals surface area contributed by atoms with Crippen molar-refractivity contribution in [2.75, 3.05) is 6.61 Å². The molecule has 0 saturated carbocycles. The molecule has 0 aliphatic heterocycles. The van der Waals surface area contributed by atoms with E-state index in [0.29, 0.717) is 5.75 Å². The lowest BCUT2D eigenvalue weighted by Gasteiger charge is -2.38. The number of aromatic hydroxyl groups is 1. The van der Waals surface area contributed by atoms with Crippen LogP contribution in [0, 0.1) is 0 Å². The van der Waals surface area contributed by atoms with Crippen LogP contribution >= 0.6 is 0 Å². The van der Waals surface area contributed by atoms with Gasteiger partial charge in [0.05, 0.1) is 6.61 Å². The topological polar surface area (TPSA) is 40.5 Å². The Morgan fingerprint density at radius 2 is 1.90 bits per heavy atom. The number of aliphatic hydroxyl groups excluding tert-OH is 1. The highest BCUT2D eigenvalue weighted by Crippen LogP contribution is 2.40. The van der Waals surface area contributed by atoms with Crippen molar-refractivity contribution in [3.8, 4) is 5.75 Å². The van der Waals surface area contributed by atoms with Crippen LogP contribution in [-0.4, -0.2) is 16.8 Å². The Bertz CT molecular complexity index is 606. The van der Waals surface area contributed by atoms with E-state index in [-0.39, 0.29) is 12.0 Å². The van der Waals surface area contributed by atoms with Crippen LogP contribution in [0.2, 0.25) is 0 Å². The summed E-state index contributed by atoms with van der Waals surface area (Å²) in [6.45, 7) is 0.152. The molecular formula is C18H20O2. The van der Waals surface area contributed by atoms with E-state index in [0.717, 1.165) is 31.2 Å². The first-order valence-corrected chi connectivity index (χ1v) is 7.21. The fourth-order valence-electron chi connectivity index (χ4n) is 3.47. The minimum Gasteiger partial charge on any atom is -0.508 e. The van der Waals surface area contributed by atoms with Crippen molar-refractivity contribution in [3.05, 3.63) is 65.2 Å². The second-order valence-corrected chi connectivity index (χ2v) is 5.80. The zero-order chi connectivity index (χ0) is 14.0. The van der Waals surface area contributed by atoms with Crippen LogP contribution in [0.4, 0.5) is 0 Å². The molecule has 20 heavy (non-hydrogen) atoms. The number of aryl methyl sites for hydroxylation is 1. The molecule has 104 valence electrons. The molecule has 0 spiro atoms. The van der Waals surface area contributed by atoms with Gasteiger partial charge in [-0.15, -0.1) is 0 Å². The molecule has 2 aromatic rings. The van der Waals surface area contributed by atoms with E-state index in [1.807, 2.05) is 12.1 Å². The fourth-order valence-corrected chi connectivity index (χ4v) is 3.47. The predicted octanol–water partition coefficient (Wildman–Crippen LogP) is 3.20. The van der Waals surface area contributed by atoms with Gasteiger partial charge < -0.3 is 10.2 Å². The van der Waals surface area contributed by atoms with Crippen molar-refractivity contribution in [1.82, 2.24) is 0 Å². The third kappa shape index (κ3) is 2.32. The van der Waals surface area contributed by atoms with E-state index in [1.54, 1.807) is 12.1 Å². The van der Waals surface area contributed by atoms with Crippen LogP contribution in [0.15, 0.2) is 48.5 Å². The minimum absolute atomic E-state index is 0.152. The largest absolute Gasteiger partial charge is 0.508 e. The van der Waals surface area contributed by atoms with E-state index in [2.05, 4.69) is 24.3 Å². The molecule has 0 radical (unpaired) electrons. The van der Waals surface area contributed by atoms with Gasteiger partial charge >= 0.3 is 0 Å². The van der Waals surface area contributed by atoms with Gasteiger partial charge in [0, 0.05) is 5.41 Å². The maximum absolute atomic E-state index is 10.1. The number of hydrogen-bond donors (Lipinski definition) is 2. The highest BCUT2D eigenvalue weighted by Gasteiger charge is 2.35. The molecule has 3 rings (SSSR count). The van der Waals surface area contributed by atoms with Crippen molar-refractivity contribution >= 4 is 0 Å². The number of aliphatic hydroxyl groups is 1. The van der Waals surface area contributed by atoms with Crippen LogP contribution in [0.5, 0.6) is 5.75 Å². The predicted molar refractivity (Wildman–Crippen MR) is 80.0 cm³/mol. The number of phenols is 1. The lowest BCUT2D eigenvalue weighted by Crippen LogP contribution is -2.37. The Kier molecular flexibility index (Phi) is 3.49. The molecule has 0 aromatic heterocycles. The summed E-state index contributed by atoms with van der Waals surface area (Å²) in [4.78, 5) is 0. The number of rotatable bonds is 3. The van der Waals surface area contributed by atoms with Gasteiger partial charge in [0.15, 0.2) is 0 Å². The molecule has 1 atom stereocenters. The summed E-state index contributed by atoms with van der Waals surface area (Å²) >= 11 is 0. The van der Waals surface area contributed by atoms with Gasteiger partial charge in [-0.3, -0.25) is 0 Å². The van der Waals surface area contributed by atoms with Crippen LogP contribution in [-0.2, 0) is 18.3 Å². The van der Waals surface area contributed by atoms with Gasteiger partial charge in [-0.2, -0.15) is 0 Å². The van der Waals surface area contributed by atoms with Gasteiger partial charge in [0.2, 0.25) is 0 Å². The molecular weight excluding hydrogens is 248 g/mol. The maximum Gasteiger partial charge on any atom is 0.115 e. The molecule has 0 amide bonds. The van der Waals surface area contributed by atoms with E-state index in [9.17, 15) is 10.2 Å². The van der Waals surface area contributed by atoms with E-state index < -0.39 is 0 Å². The third-order valence-corrected chi connectivity index (χ3v) is 4.45. The quantitative estimate of drug-likeness (QED) is 0.897. The first-order valence-electron chi connectivity index (χ1n) is 7.21. The highest BCUT2D eigenvalue weighted by atomic mass is 16.3. The average molecular weight is 268 g/mol. The summed E-state index contributed by atoms with van der Waals surface area (Å²) in [7, 11) is 0. The van der Waals surface area contributed by atoms with Gasteiger partial charge in [0.1, 0.15) is 5.75 Å². The lowest BCUT2D eigenvalue weighted by atomic mass is 9.67. The van der Waals surface area contributed by atoms with Gasteiger partial charge in [-0.05, 0) is 54.5 Å². The normalized spacial score (nSPS) is 21.4. The highest BCUT2D eigenvalue weighted by molar-refractivity contribution is 5.39. The fraction of sp³-hybridized carbons (Fsp3) is 0.333. The summed E-state index contributed by atoms with van der Waals surface area (Å²) in [6.07, 6.45) is 3.97. The molecule has 1 aliphatic rings. The Morgan fingerprint density at radius 1 is 1.05 bits per heavy atom. The lowest BCUT2D eigenvalue weighted by molar-refractivity contribution is 0.173. The van der Waals surface area contributed by atoms with Gasteiger partial charge in [0.25, 0.3) is 0 Å². The summed E-state index contributed by atoms with van der Waals surface area (Å²) in [5.74, 6) is 0.291.